The van der Waals surface area contributed by atoms with Crippen LogP contribution in [0.3, 0.4) is 0 Å². The molecule has 0 aliphatic heterocycles. The van der Waals surface area contributed by atoms with E-state index in [4.69, 9.17) is 11.6 Å². The fraction of sp³-hybridized carbons (Fsp3) is 0.571. The molecule has 3 rings (SSSR count). The van der Waals surface area contributed by atoms with Crippen LogP contribution in [0.4, 0.5) is 5.82 Å². The molecule has 2 heterocycles. The molecule has 5 heteroatoms. The van der Waals surface area contributed by atoms with E-state index in [9.17, 15) is 0 Å². The maximum absolute atomic E-state index is 6.49. The van der Waals surface area contributed by atoms with Crippen molar-refractivity contribution in [2.24, 2.45) is 0 Å². The third-order valence-electron chi connectivity index (χ3n) is 3.71. The first kappa shape index (κ1) is 13.1. The number of halogens is 1. The number of rotatable bonds is 2. The highest BCUT2D eigenvalue weighted by Gasteiger charge is 2.22. The third kappa shape index (κ3) is 2.84. The van der Waals surface area contributed by atoms with Gasteiger partial charge in [0.2, 0.25) is 0 Å². The van der Waals surface area contributed by atoms with Gasteiger partial charge in [0, 0.05) is 10.9 Å². The van der Waals surface area contributed by atoms with Gasteiger partial charge in [-0.05, 0) is 25.8 Å². The number of hydrogen-bond acceptors (Lipinski definition) is 4. The number of hydrogen-bond donors (Lipinski definition) is 1. The highest BCUT2D eigenvalue weighted by atomic mass is 35.5. The van der Waals surface area contributed by atoms with E-state index in [2.05, 4.69) is 28.3 Å². The molecule has 0 amide bonds. The van der Waals surface area contributed by atoms with E-state index in [0.29, 0.717) is 6.04 Å². The summed E-state index contributed by atoms with van der Waals surface area (Å²) < 4.78 is 0. The zero-order chi connectivity index (χ0) is 13.2. The molecular weight excluding hydrogens is 278 g/mol. The Balaban J connectivity index is 1.87. The van der Waals surface area contributed by atoms with E-state index >= 15 is 0 Å². The normalized spacial score (nSPS) is 24.3. The van der Waals surface area contributed by atoms with Gasteiger partial charge in [-0.25, -0.2) is 9.97 Å². The van der Waals surface area contributed by atoms with Crippen LogP contribution in [-0.2, 0) is 0 Å². The highest BCUT2D eigenvalue weighted by Crippen LogP contribution is 2.30. The van der Waals surface area contributed by atoms with Crippen molar-refractivity contribution < 1.29 is 0 Å². The quantitative estimate of drug-likeness (QED) is 0.661. The average molecular weight is 296 g/mol. The van der Waals surface area contributed by atoms with Crippen molar-refractivity contribution >= 4 is 39.0 Å². The van der Waals surface area contributed by atoms with Gasteiger partial charge in [0.25, 0.3) is 0 Å². The number of thiophene rings is 1. The molecule has 1 N–H and O–H groups in total. The van der Waals surface area contributed by atoms with E-state index in [1.165, 1.54) is 24.1 Å². The van der Waals surface area contributed by atoms with Crippen molar-refractivity contribution in [1.82, 2.24) is 9.97 Å². The summed E-state index contributed by atoms with van der Waals surface area (Å²) >= 11 is 8.20. The number of aryl methyl sites for hydroxylation is 1. The summed E-state index contributed by atoms with van der Waals surface area (Å²) in [6.45, 7) is 2.10. The summed E-state index contributed by atoms with van der Waals surface area (Å²) in [6, 6.07) is 2.48. The number of aromatic nitrogens is 2. The molecule has 1 saturated carbocycles. The number of anilines is 1. The molecule has 3 nitrogen and oxygen atoms in total. The molecule has 2 unspecified atom stereocenters. The van der Waals surface area contributed by atoms with Crippen LogP contribution in [0, 0.1) is 6.92 Å². The summed E-state index contributed by atoms with van der Waals surface area (Å²) in [5.74, 6) is 0.937. The first-order valence-electron chi connectivity index (χ1n) is 6.86. The van der Waals surface area contributed by atoms with E-state index in [1.54, 1.807) is 17.7 Å². The Morgan fingerprint density at radius 1 is 1.26 bits per heavy atom. The Labute approximate surface area is 122 Å². The monoisotopic (exact) mass is 295 g/mol. The van der Waals surface area contributed by atoms with Gasteiger partial charge >= 0.3 is 0 Å². The van der Waals surface area contributed by atoms with Crippen LogP contribution in [0.5, 0.6) is 0 Å². The van der Waals surface area contributed by atoms with Crippen molar-refractivity contribution in [2.75, 3.05) is 5.32 Å². The largest absolute Gasteiger partial charge is 0.365 e. The lowest BCUT2D eigenvalue weighted by molar-refractivity contribution is 0.625. The molecule has 2 aromatic rings. The molecule has 102 valence electrons. The predicted molar refractivity (Wildman–Crippen MR) is 82.3 cm³/mol. The highest BCUT2D eigenvalue weighted by molar-refractivity contribution is 7.18. The minimum absolute atomic E-state index is 0.201. The third-order valence-corrected chi connectivity index (χ3v) is 5.19. The summed E-state index contributed by atoms with van der Waals surface area (Å²) in [7, 11) is 0. The Morgan fingerprint density at radius 3 is 3.00 bits per heavy atom. The minimum Gasteiger partial charge on any atom is -0.365 e. The summed E-state index contributed by atoms with van der Waals surface area (Å²) in [5, 5.41) is 4.87. The van der Waals surface area contributed by atoms with Gasteiger partial charge in [-0.1, -0.05) is 19.3 Å². The fourth-order valence-corrected chi connectivity index (χ4v) is 3.88. The van der Waals surface area contributed by atoms with Crippen molar-refractivity contribution in [3.05, 3.63) is 17.3 Å². The predicted octanol–water partition coefficient (Wildman–Crippen LogP) is 4.35. The number of nitrogens with zero attached hydrogens (tertiary/aromatic N) is 2. The van der Waals surface area contributed by atoms with Gasteiger partial charge in [-0.15, -0.1) is 22.9 Å². The van der Waals surface area contributed by atoms with Crippen molar-refractivity contribution in [1.29, 1.82) is 0 Å². The topological polar surface area (TPSA) is 37.8 Å². The van der Waals surface area contributed by atoms with Gasteiger partial charge in [0.05, 0.1) is 10.8 Å². The molecule has 2 atom stereocenters. The maximum Gasteiger partial charge on any atom is 0.138 e. The van der Waals surface area contributed by atoms with Gasteiger partial charge in [0.15, 0.2) is 0 Å². The number of nitrogens with one attached hydrogen (secondary N) is 1. The van der Waals surface area contributed by atoms with Crippen molar-refractivity contribution in [2.45, 2.75) is 50.4 Å². The average Bonchev–Trinajstić information content (AvgIpc) is 2.66. The lowest BCUT2D eigenvalue weighted by Gasteiger charge is -2.21. The van der Waals surface area contributed by atoms with Gasteiger partial charge in [0.1, 0.15) is 17.0 Å². The Bertz CT molecular complexity index is 569. The van der Waals surface area contributed by atoms with Crippen LogP contribution in [0.25, 0.3) is 10.2 Å². The molecular formula is C14H18ClN3S. The van der Waals surface area contributed by atoms with Gasteiger partial charge < -0.3 is 5.32 Å². The Hall–Kier alpha value is -0.870. The zero-order valence-electron chi connectivity index (χ0n) is 11.0. The Morgan fingerprint density at radius 2 is 2.11 bits per heavy atom. The second-order valence-electron chi connectivity index (χ2n) is 5.20. The Kier molecular flexibility index (Phi) is 3.89. The lowest BCUT2D eigenvalue weighted by Crippen LogP contribution is -2.29. The van der Waals surface area contributed by atoms with E-state index in [-0.39, 0.29) is 5.38 Å². The number of alkyl halides is 1. The summed E-state index contributed by atoms with van der Waals surface area (Å²) in [6.07, 6.45) is 7.64. The van der Waals surface area contributed by atoms with Crippen LogP contribution < -0.4 is 5.32 Å². The van der Waals surface area contributed by atoms with E-state index in [1.807, 2.05) is 0 Å². The second kappa shape index (κ2) is 5.63. The molecule has 2 aromatic heterocycles. The van der Waals surface area contributed by atoms with Crippen LogP contribution in [0.15, 0.2) is 12.4 Å². The molecule has 0 spiro atoms. The molecule has 0 saturated heterocycles. The molecule has 1 aliphatic rings. The summed E-state index contributed by atoms with van der Waals surface area (Å²) in [4.78, 5) is 11.0. The second-order valence-corrected chi connectivity index (χ2v) is 7.00. The van der Waals surface area contributed by atoms with Gasteiger partial charge in [-0.2, -0.15) is 0 Å². The summed E-state index contributed by atoms with van der Waals surface area (Å²) in [5.41, 5.74) is 0. The molecule has 0 bridgehead atoms. The molecule has 19 heavy (non-hydrogen) atoms. The van der Waals surface area contributed by atoms with Crippen LogP contribution in [-0.4, -0.2) is 21.4 Å². The minimum atomic E-state index is 0.201. The molecule has 0 aromatic carbocycles. The van der Waals surface area contributed by atoms with Gasteiger partial charge in [-0.3, -0.25) is 0 Å². The fourth-order valence-electron chi connectivity index (χ4n) is 2.69. The van der Waals surface area contributed by atoms with E-state index < -0.39 is 0 Å². The van der Waals surface area contributed by atoms with Crippen molar-refractivity contribution in [3.63, 3.8) is 0 Å². The SMILES string of the molecule is Cc1cc2c(NC3CCCCCC3Cl)ncnc2s1. The first-order valence-corrected chi connectivity index (χ1v) is 8.11. The zero-order valence-corrected chi connectivity index (χ0v) is 12.6. The smallest absolute Gasteiger partial charge is 0.138 e. The van der Waals surface area contributed by atoms with Crippen LogP contribution >= 0.6 is 22.9 Å². The first-order chi connectivity index (χ1) is 9.24. The van der Waals surface area contributed by atoms with Crippen LogP contribution in [0.1, 0.15) is 37.0 Å². The molecule has 1 fully saturated rings. The maximum atomic E-state index is 6.49. The number of fused-ring (bicyclic) bond motifs is 1. The molecule has 0 radical (unpaired) electrons. The van der Waals surface area contributed by atoms with Crippen molar-refractivity contribution in [3.8, 4) is 0 Å². The molecule has 1 aliphatic carbocycles. The van der Waals surface area contributed by atoms with Crippen LogP contribution in [0.2, 0.25) is 0 Å². The lowest BCUT2D eigenvalue weighted by atomic mass is 10.1. The standard InChI is InChI=1S/C14H18ClN3S/c1-9-7-10-13(16-8-17-14(10)19-9)18-12-6-4-2-3-5-11(12)15/h7-8,11-12H,2-6H2,1H3,(H,16,17,18). The van der Waals surface area contributed by atoms with E-state index in [0.717, 1.165) is 28.9 Å².